The number of hydrogen-bond donors (Lipinski definition) is 1. The molecule has 8 heteroatoms. The molecular weight excluding hydrogens is 316 g/mol. The van der Waals surface area contributed by atoms with Crippen molar-refractivity contribution in [2.75, 3.05) is 13.1 Å². The molecule has 23 heavy (non-hydrogen) atoms. The number of aromatic nitrogens is 5. The number of hydrogen-bond acceptors (Lipinski definition) is 6. The van der Waals surface area contributed by atoms with Crippen LogP contribution in [0, 0.1) is 6.92 Å². The monoisotopic (exact) mass is 332 g/mol. The molecule has 1 aliphatic rings. The van der Waals surface area contributed by atoms with E-state index in [9.17, 15) is 0 Å². The van der Waals surface area contributed by atoms with Crippen molar-refractivity contribution in [2.45, 2.75) is 19.4 Å². The molecule has 1 N–H and O–H groups in total. The van der Waals surface area contributed by atoms with Crippen molar-refractivity contribution in [2.24, 2.45) is 0 Å². The van der Waals surface area contributed by atoms with Gasteiger partial charge in [-0.25, -0.2) is 4.68 Å². The molecule has 1 aromatic carbocycles. The fourth-order valence-corrected chi connectivity index (χ4v) is 2.57. The zero-order valence-corrected chi connectivity index (χ0v) is 13.5. The molecule has 7 nitrogen and oxygen atoms in total. The van der Waals surface area contributed by atoms with Gasteiger partial charge in [0.1, 0.15) is 0 Å². The lowest BCUT2D eigenvalue weighted by Crippen LogP contribution is -2.13. The average Bonchev–Trinajstić information content (AvgIpc) is 3.27. The molecule has 0 aliphatic carbocycles. The van der Waals surface area contributed by atoms with Gasteiger partial charge in [-0.05, 0) is 19.9 Å². The third kappa shape index (κ3) is 3.11. The van der Waals surface area contributed by atoms with Gasteiger partial charge in [0.15, 0.2) is 5.69 Å². The van der Waals surface area contributed by atoms with Gasteiger partial charge in [0.25, 0.3) is 5.89 Å². The molecule has 0 radical (unpaired) electrons. The SMILES string of the molecule is Cc1ccc(-c2noc(-c3cn(C4CCNC4)nn3)n2)cc1.Cl. The molecule has 1 atom stereocenters. The van der Waals surface area contributed by atoms with Crippen molar-refractivity contribution in [1.29, 1.82) is 0 Å². The Morgan fingerprint density at radius 3 is 2.83 bits per heavy atom. The van der Waals surface area contributed by atoms with Gasteiger partial charge in [-0.1, -0.05) is 40.2 Å². The Morgan fingerprint density at radius 1 is 1.26 bits per heavy atom. The highest BCUT2D eigenvalue weighted by Gasteiger charge is 2.20. The van der Waals surface area contributed by atoms with E-state index < -0.39 is 0 Å². The molecule has 3 heterocycles. The first-order valence-corrected chi connectivity index (χ1v) is 7.33. The van der Waals surface area contributed by atoms with E-state index in [1.807, 2.05) is 42.1 Å². The van der Waals surface area contributed by atoms with E-state index in [2.05, 4.69) is 25.8 Å². The highest BCUT2D eigenvalue weighted by atomic mass is 35.5. The van der Waals surface area contributed by atoms with Gasteiger partial charge in [0.2, 0.25) is 5.82 Å². The summed E-state index contributed by atoms with van der Waals surface area (Å²) in [4.78, 5) is 4.41. The normalized spacial score (nSPS) is 17.2. The first kappa shape index (κ1) is 15.6. The maximum absolute atomic E-state index is 5.32. The highest BCUT2D eigenvalue weighted by Crippen LogP contribution is 2.22. The van der Waals surface area contributed by atoms with Crippen molar-refractivity contribution in [1.82, 2.24) is 30.5 Å². The molecule has 3 aromatic rings. The van der Waals surface area contributed by atoms with Crippen LogP contribution in [-0.4, -0.2) is 38.2 Å². The summed E-state index contributed by atoms with van der Waals surface area (Å²) in [6.45, 7) is 3.97. The molecule has 1 saturated heterocycles. The van der Waals surface area contributed by atoms with Crippen LogP contribution in [-0.2, 0) is 0 Å². The molecule has 120 valence electrons. The number of aryl methyl sites for hydroxylation is 1. The van der Waals surface area contributed by atoms with Crippen LogP contribution in [0.4, 0.5) is 0 Å². The first-order valence-electron chi connectivity index (χ1n) is 7.33. The van der Waals surface area contributed by atoms with Gasteiger partial charge in [0.05, 0.1) is 12.2 Å². The Morgan fingerprint density at radius 2 is 2.09 bits per heavy atom. The van der Waals surface area contributed by atoms with E-state index >= 15 is 0 Å². The largest absolute Gasteiger partial charge is 0.332 e. The summed E-state index contributed by atoms with van der Waals surface area (Å²) in [6.07, 6.45) is 2.92. The zero-order chi connectivity index (χ0) is 14.9. The molecular formula is C15H17ClN6O. The molecule has 2 aromatic heterocycles. The topological polar surface area (TPSA) is 81.7 Å². The maximum Gasteiger partial charge on any atom is 0.280 e. The predicted octanol–water partition coefficient (Wildman–Crippen LogP) is 2.26. The van der Waals surface area contributed by atoms with Crippen molar-refractivity contribution in [3.63, 3.8) is 0 Å². The third-order valence-electron chi connectivity index (χ3n) is 3.87. The summed E-state index contributed by atoms with van der Waals surface area (Å²) in [5.74, 6) is 0.958. The minimum atomic E-state index is 0. The maximum atomic E-state index is 5.32. The van der Waals surface area contributed by atoms with Gasteiger partial charge in [0, 0.05) is 12.1 Å². The summed E-state index contributed by atoms with van der Waals surface area (Å²) >= 11 is 0. The van der Waals surface area contributed by atoms with Crippen LogP contribution in [0.2, 0.25) is 0 Å². The van der Waals surface area contributed by atoms with Crippen LogP contribution >= 0.6 is 12.4 Å². The van der Waals surface area contributed by atoms with Crippen molar-refractivity contribution < 1.29 is 4.52 Å². The second-order valence-corrected chi connectivity index (χ2v) is 5.52. The predicted molar refractivity (Wildman–Crippen MR) is 87.3 cm³/mol. The van der Waals surface area contributed by atoms with Crippen LogP contribution in [0.5, 0.6) is 0 Å². The summed E-state index contributed by atoms with van der Waals surface area (Å²) < 4.78 is 7.18. The number of rotatable bonds is 3. The smallest absolute Gasteiger partial charge is 0.280 e. The standard InChI is InChI=1S/C15H16N6O.ClH/c1-10-2-4-11(5-3-10)14-17-15(22-19-14)13-9-21(20-18-13)12-6-7-16-8-12;/h2-5,9,12,16H,6-8H2,1H3;1H. The van der Waals surface area contributed by atoms with Gasteiger partial charge in [-0.3, -0.25) is 0 Å². The van der Waals surface area contributed by atoms with Crippen molar-refractivity contribution in [3.8, 4) is 23.0 Å². The third-order valence-corrected chi connectivity index (χ3v) is 3.87. The molecule has 1 aliphatic heterocycles. The van der Waals surface area contributed by atoms with Crippen LogP contribution in [0.1, 0.15) is 18.0 Å². The number of nitrogens with zero attached hydrogens (tertiary/aromatic N) is 5. The second kappa shape index (κ2) is 6.47. The highest BCUT2D eigenvalue weighted by molar-refractivity contribution is 5.85. The molecule has 1 fully saturated rings. The quantitative estimate of drug-likeness (QED) is 0.792. The summed E-state index contributed by atoms with van der Waals surface area (Å²) in [7, 11) is 0. The minimum absolute atomic E-state index is 0. The van der Waals surface area contributed by atoms with E-state index in [1.165, 1.54) is 5.56 Å². The summed E-state index contributed by atoms with van der Waals surface area (Å²) in [5, 5.41) is 15.6. The minimum Gasteiger partial charge on any atom is -0.332 e. The fraction of sp³-hybridized carbons (Fsp3) is 0.333. The number of halogens is 1. The second-order valence-electron chi connectivity index (χ2n) is 5.52. The molecule has 0 bridgehead atoms. The fourth-order valence-electron chi connectivity index (χ4n) is 2.57. The Bertz CT molecular complexity index is 775. The lowest BCUT2D eigenvalue weighted by molar-refractivity contribution is 0.431. The van der Waals surface area contributed by atoms with E-state index in [-0.39, 0.29) is 12.4 Å². The van der Waals surface area contributed by atoms with E-state index in [1.54, 1.807) is 0 Å². The van der Waals surface area contributed by atoms with E-state index in [0.29, 0.717) is 23.5 Å². The molecule has 0 spiro atoms. The van der Waals surface area contributed by atoms with Gasteiger partial charge in [-0.2, -0.15) is 4.98 Å². The lowest BCUT2D eigenvalue weighted by Gasteiger charge is -2.05. The summed E-state index contributed by atoms with van der Waals surface area (Å²) in [6, 6.07) is 8.35. The van der Waals surface area contributed by atoms with Gasteiger partial charge < -0.3 is 9.84 Å². The van der Waals surface area contributed by atoms with Gasteiger partial charge >= 0.3 is 0 Å². The Kier molecular flexibility index (Phi) is 4.40. The Labute approximate surface area is 139 Å². The van der Waals surface area contributed by atoms with Crippen LogP contribution in [0.15, 0.2) is 35.0 Å². The Balaban J connectivity index is 0.00000156. The zero-order valence-electron chi connectivity index (χ0n) is 12.6. The van der Waals surface area contributed by atoms with Crippen molar-refractivity contribution in [3.05, 3.63) is 36.0 Å². The molecule has 4 rings (SSSR count). The Hall–Kier alpha value is -2.25. The van der Waals surface area contributed by atoms with Crippen LogP contribution in [0.25, 0.3) is 23.0 Å². The molecule has 0 saturated carbocycles. The van der Waals surface area contributed by atoms with Crippen LogP contribution < -0.4 is 5.32 Å². The number of benzene rings is 1. The van der Waals surface area contributed by atoms with E-state index in [0.717, 1.165) is 25.1 Å². The number of nitrogens with one attached hydrogen (secondary N) is 1. The average molecular weight is 333 g/mol. The van der Waals surface area contributed by atoms with E-state index in [4.69, 9.17) is 4.52 Å². The van der Waals surface area contributed by atoms with Gasteiger partial charge in [-0.15, -0.1) is 17.5 Å². The molecule has 1 unspecified atom stereocenters. The summed E-state index contributed by atoms with van der Waals surface area (Å²) in [5.41, 5.74) is 2.73. The molecule has 0 amide bonds. The lowest BCUT2D eigenvalue weighted by atomic mass is 10.1. The van der Waals surface area contributed by atoms with Crippen LogP contribution in [0.3, 0.4) is 0 Å². The van der Waals surface area contributed by atoms with Crippen molar-refractivity contribution >= 4 is 12.4 Å². The first-order chi connectivity index (χ1) is 10.8.